The van der Waals surface area contributed by atoms with E-state index in [9.17, 15) is 9.59 Å². The van der Waals surface area contributed by atoms with Gasteiger partial charge in [0.15, 0.2) is 0 Å². The molecule has 4 heteroatoms. The molecule has 1 rings (SSSR count). The lowest BCUT2D eigenvalue weighted by molar-refractivity contribution is -0.177. The normalized spacial score (nSPS) is 24.1. The SMILES string of the molecule is CC(C)C(OC(=O)C(C)(CC(C)(C)C)C(C)(C)C)C(C)CCC(C)(C)C1CC(OC(=O)C(C)(CC(C)(C)C)C(C)(C)C)CC(C(C)(C)C)C1. The lowest BCUT2D eigenvalue weighted by Crippen LogP contribution is -2.47. The van der Waals surface area contributed by atoms with E-state index in [2.05, 4.69) is 152 Å². The second-order valence-corrected chi connectivity index (χ2v) is 23.8. The molecule has 1 saturated carbocycles. The molecule has 0 saturated heterocycles. The van der Waals surface area contributed by atoms with E-state index < -0.39 is 10.8 Å². The Bertz CT molecular complexity index is 1080. The van der Waals surface area contributed by atoms with Crippen molar-refractivity contribution in [1.29, 1.82) is 0 Å². The van der Waals surface area contributed by atoms with E-state index in [4.69, 9.17) is 9.47 Å². The van der Waals surface area contributed by atoms with Crippen LogP contribution in [-0.2, 0) is 19.1 Å². The van der Waals surface area contributed by atoms with E-state index in [1.54, 1.807) is 0 Å². The molecule has 0 aliphatic heterocycles. The van der Waals surface area contributed by atoms with Gasteiger partial charge in [-0.2, -0.15) is 0 Å². The van der Waals surface area contributed by atoms with Crippen LogP contribution in [-0.4, -0.2) is 24.1 Å². The number of hydrogen-bond donors (Lipinski definition) is 0. The van der Waals surface area contributed by atoms with E-state index in [1.165, 1.54) is 0 Å². The molecule has 7 atom stereocenters. The first kappa shape index (κ1) is 46.0. The monoisotopic (exact) mass is 691 g/mol. The summed E-state index contributed by atoms with van der Waals surface area (Å²) in [6.07, 6.45) is 6.38. The average molecular weight is 691 g/mol. The molecule has 1 aliphatic carbocycles. The zero-order valence-corrected chi connectivity index (χ0v) is 37.0. The van der Waals surface area contributed by atoms with Gasteiger partial charge in [0.05, 0.1) is 10.8 Å². The highest BCUT2D eigenvalue weighted by Crippen LogP contribution is 2.52. The number of carbonyl (C=O) groups excluding carboxylic acids is 2. The summed E-state index contributed by atoms with van der Waals surface area (Å²) in [6.45, 7) is 49.1. The fourth-order valence-corrected chi connectivity index (χ4v) is 8.53. The van der Waals surface area contributed by atoms with Crippen LogP contribution in [0.2, 0.25) is 0 Å². The number of rotatable bonds is 12. The van der Waals surface area contributed by atoms with Crippen LogP contribution in [0.5, 0.6) is 0 Å². The Balaban J connectivity index is 3.26. The summed E-state index contributed by atoms with van der Waals surface area (Å²) < 4.78 is 13.2. The summed E-state index contributed by atoms with van der Waals surface area (Å²) >= 11 is 0. The van der Waals surface area contributed by atoms with Crippen LogP contribution in [0.3, 0.4) is 0 Å². The molecule has 0 radical (unpaired) electrons. The van der Waals surface area contributed by atoms with Crippen molar-refractivity contribution in [3.8, 4) is 0 Å². The second-order valence-electron chi connectivity index (χ2n) is 23.8. The number of ether oxygens (including phenoxy) is 2. The molecule has 0 aromatic heterocycles. The standard InChI is InChI=1S/C45H86O4/c1-30(2)35(49-37(47)45(22,42(16,17)18)29-39(7,8)9)31(3)23-24-43(19,20)33-25-32(40(10,11)12)26-34(27-33)48-36(46)44(21,41(13,14)15)28-38(4,5)6/h30-35H,23-29H2,1-22H3. The second kappa shape index (κ2) is 15.5. The van der Waals surface area contributed by atoms with Gasteiger partial charge in [0, 0.05) is 0 Å². The lowest BCUT2D eigenvalue weighted by atomic mass is 9.60. The number of hydrogen-bond acceptors (Lipinski definition) is 4. The minimum absolute atomic E-state index is 0.0130. The summed E-state index contributed by atoms with van der Waals surface area (Å²) in [6, 6.07) is 0. The van der Waals surface area contributed by atoms with Gasteiger partial charge < -0.3 is 9.47 Å². The Labute approximate surface area is 306 Å². The van der Waals surface area contributed by atoms with Crippen LogP contribution in [0, 0.1) is 67.0 Å². The Kier molecular flexibility index (Phi) is 14.5. The predicted molar refractivity (Wildman–Crippen MR) is 210 cm³/mol. The number of carbonyl (C=O) groups is 2. The van der Waals surface area contributed by atoms with Crippen molar-refractivity contribution in [2.45, 2.75) is 209 Å². The van der Waals surface area contributed by atoms with E-state index in [-0.39, 0.29) is 68.5 Å². The summed E-state index contributed by atoms with van der Waals surface area (Å²) in [5.74, 6) is 1.30. The van der Waals surface area contributed by atoms with Crippen LogP contribution >= 0.6 is 0 Å². The third-order valence-corrected chi connectivity index (χ3v) is 13.0. The number of esters is 2. The molecule has 0 heterocycles. The van der Waals surface area contributed by atoms with Gasteiger partial charge in [0.1, 0.15) is 12.2 Å². The Morgan fingerprint density at radius 3 is 1.37 bits per heavy atom. The summed E-state index contributed by atoms with van der Waals surface area (Å²) in [5, 5.41) is 0. The fraction of sp³-hybridized carbons (Fsp3) is 0.956. The van der Waals surface area contributed by atoms with Crippen molar-refractivity contribution in [2.24, 2.45) is 67.0 Å². The Morgan fingerprint density at radius 2 is 1.00 bits per heavy atom. The third kappa shape index (κ3) is 12.5. The summed E-state index contributed by atoms with van der Waals surface area (Å²) in [5.41, 5.74) is -1.36. The van der Waals surface area contributed by atoms with Gasteiger partial charge >= 0.3 is 11.9 Å². The maximum atomic E-state index is 14.2. The third-order valence-electron chi connectivity index (χ3n) is 13.0. The maximum absolute atomic E-state index is 14.2. The molecule has 4 nitrogen and oxygen atoms in total. The Hall–Kier alpha value is -1.06. The molecule has 0 amide bonds. The molecule has 0 spiro atoms. The highest BCUT2D eigenvalue weighted by Gasteiger charge is 2.51. The van der Waals surface area contributed by atoms with Gasteiger partial charge in [-0.25, -0.2) is 0 Å². The minimum atomic E-state index is -0.580. The summed E-state index contributed by atoms with van der Waals surface area (Å²) in [7, 11) is 0. The van der Waals surface area contributed by atoms with Gasteiger partial charge in [-0.05, 0) is 115 Å². The largest absolute Gasteiger partial charge is 0.462 e. The fourth-order valence-electron chi connectivity index (χ4n) is 8.53. The van der Waals surface area contributed by atoms with Crippen LogP contribution in [0.4, 0.5) is 0 Å². The molecule has 0 aromatic rings. The smallest absolute Gasteiger partial charge is 0.312 e. The molecule has 49 heavy (non-hydrogen) atoms. The van der Waals surface area contributed by atoms with Gasteiger partial charge in [-0.1, -0.05) is 138 Å². The first-order chi connectivity index (χ1) is 21.5. The molecule has 0 bridgehead atoms. The van der Waals surface area contributed by atoms with Gasteiger partial charge in [-0.15, -0.1) is 0 Å². The van der Waals surface area contributed by atoms with E-state index in [0.717, 1.165) is 44.9 Å². The molecule has 1 fully saturated rings. The van der Waals surface area contributed by atoms with Crippen molar-refractivity contribution in [2.75, 3.05) is 0 Å². The quantitative estimate of drug-likeness (QED) is 0.191. The molecule has 1 aliphatic rings. The van der Waals surface area contributed by atoms with Gasteiger partial charge in [0.25, 0.3) is 0 Å². The molecule has 0 aromatic carbocycles. The van der Waals surface area contributed by atoms with Crippen molar-refractivity contribution >= 4 is 11.9 Å². The van der Waals surface area contributed by atoms with Crippen LogP contribution < -0.4 is 0 Å². The van der Waals surface area contributed by atoms with Crippen LogP contribution in [0.15, 0.2) is 0 Å². The van der Waals surface area contributed by atoms with E-state index in [0.29, 0.717) is 11.8 Å². The molecular formula is C45H86O4. The Morgan fingerprint density at radius 1 is 0.592 bits per heavy atom. The van der Waals surface area contributed by atoms with Crippen LogP contribution in [0.1, 0.15) is 197 Å². The van der Waals surface area contributed by atoms with Gasteiger partial charge in [-0.3, -0.25) is 9.59 Å². The van der Waals surface area contributed by atoms with Crippen molar-refractivity contribution in [3.63, 3.8) is 0 Å². The highest BCUT2D eigenvalue weighted by atomic mass is 16.5. The molecule has 7 unspecified atom stereocenters. The zero-order valence-electron chi connectivity index (χ0n) is 37.0. The van der Waals surface area contributed by atoms with Crippen molar-refractivity contribution in [1.82, 2.24) is 0 Å². The summed E-state index contributed by atoms with van der Waals surface area (Å²) in [4.78, 5) is 28.2. The van der Waals surface area contributed by atoms with Crippen LogP contribution in [0.25, 0.3) is 0 Å². The minimum Gasteiger partial charge on any atom is -0.462 e. The first-order valence-electron chi connectivity index (χ1n) is 19.9. The first-order valence-corrected chi connectivity index (χ1v) is 19.9. The maximum Gasteiger partial charge on any atom is 0.312 e. The van der Waals surface area contributed by atoms with Crippen molar-refractivity contribution in [3.05, 3.63) is 0 Å². The van der Waals surface area contributed by atoms with Crippen molar-refractivity contribution < 1.29 is 19.1 Å². The topological polar surface area (TPSA) is 52.6 Å². The molecular weight excluding hydrogens is 604 g/mol. The highest BCUT2D eigenvalue weighted by molar-refractivity contribution is 5.78. The average Bonchev–Trinajstić information content (AvgIpc) is 2.86. The van der Waals surface area contributed by atoms with E-state index in [1.807, 2.05) is 0 Å². The van der Waals surface area contributed by atoms with Gasteiger partial charge in [0.2, 0.25) is 0 Å². The lowest BCUT2D eigenvalue weighted by Gasteiger charge is -2.48. The molecule has 290 valence electrons. The van der Waals surface area contributed by atoms with E-state index >= 15 is 0 Å². The molecule has 0 N–H and O–H groups in total. The zero-order chi connectivity index (χ0) is 39.0. The predicted octanol–water partition coefficient (Wildman–Crippen LogP) is 13.3.